The van der Waals surface area contributed by atoms with Gasteiger partial charge in [0.05, 0.1) is 24.7 Å². The fourth-order valence-electron chi connectivity index (χ4n) is 1.02. The summed E-state index contributed by atoms with van der Waals surface area (Å²) in [6.07, 6.45) is -0.524. The lowest BCUT2D eigenvalue weighted by molar-refractivity contribution is -0.142. The summed E-state index contributed by atoms with van der Waals surface area (Å²) in [5.74, 6) is -1.49. The van der Waals surface area contributed by atoms with Gasteiger partial charge in [0.15, 0.2) is 0 Å². The minimum Gasteiger partial charge on any atom is -0.469 e. The van der Waals surface area contributed by atoms with Crippen molar-refractivity contribution in [3.8, 4) is 0 Å². The fourth-order valence-corrected chi connectivity index (χ4v) is 1.19. The molecule has 0 aliphatic carbocycles. The summed E-state index contributed by atoms with van der Waals surface area (Å²) < 4.78 is 17.4. The molecule has 6 heteroatoms. The molecule has 0 amide bonds. The lowest BCUT2D eigenvalue weighted by Gasteiger charge is -2.09. The number of esters is 1. The summed E-state index contributed by atoms with van der Waals surface area (Å²) in [6.45, 7) is 0. The van der Waals surface area contributed by atoms with Crippen molar-refractivity contribution >= 4 is 17.6 Å². The van der Waals surface area contributed by atoms with Crippen LogP contribution in [0.15, 0.2) is 12.3 Å². The van der Waals surface area contributed by atoms with Gasteiger partial charge in [-0.1, -0.05) is 11.6 Å². The first-order chi connectivity index (χ1) is 7.04. The number of carbonyl (C=O) groups is 1. The van der Waals surface area contributed by atoms with E-state index >= 15 is 0 Å². The molecule has 0 fully saturated rings. The zero-order valence-electron chi connectivity index (χ0n) is 7.91. The largest absolute Gasteiger partial charge is 0.469 e. The third-order valence-electron chi connectivity index (χ3n) is 1.78. The average molecular weight is 234 g/mol. The number of nitrogens with zero attached hydrogens (tertiary/aromatic N) is 1. The number of aromatic nitrogens is 1. The predicted molar refractivity (Wildman–Crippen MR) is 50.8 cm³/mol. The van der Waals surface area contributed by atoms with Crippen LogP contribution in [0.1, 0.15) is 18.1 Å². The van der Waals surface area contributed by atoms with Crippen molar-refractivity contribution in [2.75, 3.05) is 7.11 Å². The molecule has 1 heterocycles. The summed E-state index contributed by atoms with van der Waals surface area (Å²) in [6, 6.07) is 1.22. The Kier molecular flexibility index (Phi) is 3.99. The van der Waals surface area contributed by atoms with Gasteiger partial charge in [-0.2, -0.15) is 4.39 Å². The number of ether oxygens (including phenoxy) is 1. The van der Waals surface area contributed by atoms with E-state index in [2.05, 4.69) is 9.72 Å². The van der Waals surface area contributed by atoms with E-state index in [1.165, 1.54) is 13.2 Å². The third-order valence-corrected chi connectivity index (χ3v) is 1.99. The molecule has 0 saturated carbocycles. The van der Waals surface area contributed by atoms with Gasteiger partial charge in [0, 0.05) is 11.8 Å². The Labute approximate surface area is 90.6 Å². The highest BCUT2D eigenvalue weighted by Crippen LogP contribution is 2.22. The van der Waals surface area contributed by atoms with Crippen LogP contribution in [0.25, 0.3) is 0 Å². The van der Waals surface area contributed by atoms with Crippen molar-refractivity contribution in [1.82, 2.24) is 4.98 Å². The van der Waals surface area contributed by atoms with Crippen LogP contribution in [0.2, 0.25) is 5.02 Å². The predicted octanol–water partition coefficient (Wildman–Crippen LogP) is 1.47. The number of carbonyl (C=O) groups excluding carboxylic acids is 1. The smallest absolute Gasteiger partial charge is 0.308 e. The molecule has 1 rings (SSSR count). The molecule has 1 aromatic heterocycles. The molecule has 0 aromatic carbocycles. The van der Waals surface area contributed by atoms with Gasteiger partial charge in [0.1, 0.15) is 0 Å². The molecule has 0 saturated heterocycles. The summed E-state index contributed by atoms with van der Waals surface area (Å²) in [5, 5.41) is 9.68. The van der Waals surface area contributed by atoms with Crippen molar-refractivity contribution in [2.24, 2.45) is 0 Å². The normalized spacial score (nSPS) is 12.3. The molecule has 1 aromatic rings. The van der Waals surface area contributed by atoms with E-state index in [4.69, 9.17) is 11.6 Å². The Hall–Kier alpha value is -1.20. The minimum absolute atomic E-state index is 0.118. The molecule has 15 heavy (non-hydrogen) atoms. The Balaban J connectivity index is 2.85. The Morgan fingerprint density at radius 2 is 2.47 bits per heavy atom. The molecule has 82 valence electrons. The van der Waals surface area contributed by atoms with Gasteiger partial charge in [-0.05, 0) is 6.07 Å². The van der Waals surface area contributed by atoms with E-state index in [0.717, 1.165) is 6.20 Å². The first-order valence-electron chi connectivity index (χ1n) is 4.10. The Morgan fingerprint density at radius 1 is 1.80 bits per heavy atom. The van der Waals surface area contributed by atoms with Crippen molar-refractivity contribution in [1.29, 1.82) is 0 Å². The number of rotatable bonds is 3. The van der Waals surface area contributed by atoms with E-state index in [1.54, 1.807) is 0 Å². The number of halogens is 2. The fraction of sp³-hybridized carbons (Fsp3) is 0.333. The van der Waals surface area contributed by atoms with Crippen LogP contribution >= 0.6 is 11.6 Å². The first-order valence-corrected chi connectivity index (χ1v) is 4.48. The highest BCUT2D eigenvalue weighted by molar-refractivity contribution is 6.30. The van der Waals surface area contributed by atoms with Crippen LogP contribution < -0.4 is 0 Å². The van der Waals surface area contributed by atoms with Crippen LogP contribution in [-0.2, 0) is 9.53 Å². The lowest BCUT2D eigenvalue weighted by Crippen LogP contribution is -2.10. The van der Waals surface area contributed by atoms with Crippen LogP contribution in [-0.4, -0.2) is 23.2 Å². The average Bonchev–Trinajstić information content (AvgIpc) is 2.21. The van der Waals surface area contributed by atoms with E-state index in [0.29, 0.717) is 0 Å². The molecule has 0 spiro atoms. The van der Waals surface area contributed by atoms with Gasteiger partial charge in [-0.25, -0.2) is 4.98 Å². The number of methoxy groups -OCH3 is 1. The number of hydrogen-bond donors (Lipinski definition) is 1. The minimum atomic E-state index is -1.30. The van der Waals surface area contributed by atoms with Gasteiger partial charge in [0.25, 0.3) is 0 Å². The number of aliphatic hydroxyl groups excluding tert-OH is 1. The van der Waals surface area contributed by atoms with Crippen LogP contribution in [0.5, 0.6) is 0 Å². The van der Waals surface area contributed by atoms with Gasteiger partial charge < -0.3 is 9.84 Å². The molecular formula is C9H9ClFNO3. The van der Waals surface area contributed by atoms with E-state index < -0.39 is 18.0 Å². The number of aliphatic hydroxyl groups is 1. The summed E-state index contributed by atoms with van der Waals surface area (Å²) >= 11 is 5.57. The van der Waals surface area contributed by atoms with E-state index in [-0.39, 0.29) is 17.0 Å². The first kappa shape index (κ1) is 11.9. The Bertz CT molecular complexity index is 372. The molecule has 0 aliphatic rings. The van der Waals surface area contributed by atoms with Crippen LogP contribution in [0.3, 0.4) is 0 Å². The van der Waals surface area contributed by atoms with Crippen molar-refractivity contribution in [3.05, 3.63) is 28.8 Å². The van der Waals surface area contributed by atoms with Crippen molar-refractivity contribution in [3.63, 3.8) is 0 Å². The molecule has 1 atom stereocenters. The maximum absolute atomic E-state index is 13.1. The second kappa shape index (κ2) is 5.04. The zero-order chi connectivity index (χ0) is 11.4. The van der Waals surface area contributed by atoms with Crippen molar-refractivity contribution < 1.29 is 19.0 Å². The highest BCUT2D eigenvalue weighted by atomic mass is 35.5. The van der Waals surface area contributed by atoms with E-state index in [9.17, 15) is 14.3 Å². The highest BCUT2D eigenvalue weighted by Gasteiger charge is 2.18. The van der Waals surface area contributed by atoms with Crippen molar-refractivity contribution in [2.45, 2.75) is 12.5 Å². The molecule has 1 N–H and O–H groups in total. The van der Waals surface area contributed by atoms with E-state index in [1.807, 2.05) is 0 Å². The quantitative estimate of drug-likeness (QED) is 0.635. The summed E-state index contributed by atoms with van der Waals surface area (Å²) in [5.41, 5.74) is -0.118. The topological polar surface area (TPSA) is 59.4 Å². The second-order valence-corrected chi connectivity index (χ2v) is 3.27. The second-order valence-electron chi connectivity index (χ2n) is 2.83. The van der Waals surface area contributed by atoms with Gasteiger partial charge in [-0.3, -0.25) is 4.79 Å². The maximum atomic E-state index is 13.1. The molecule has 0 aliphatic heterocycles. The SMILES string of the molecule is COC(=O)CC(O)c1cc(Cl)cnc1F. The lowest BCUT2D eigenvalue weighted by atomic mass is 10.1. The molecule has 4 nitrogen and oxygen atoms in total. The molecule has 0 bridgehead atoms. The summed E-state index contributed by atoms with van der Waals surface area (Å²) in [7, 11) is 1.18. The van der Waals surface area contributed by atoms with Gasteiger partial charge in [0.2, 0.25) is 5.95 Å². The maximum Gasteiger partial charge on any atom is 0.308 e. The standard InChI is InChI=1S/C9H9ClFNO3/c1-15-8(14)3-7(13)6-2-5(10)4-12-9(6)11/h2,4,7,13H,3H2,1H3. The summed E-state index contributed by atoms with van der Waals surface area (Å²) in [4.78, 5) is 14.2. The Morgan fingerprint density at radius 3 is 3.07 bits per heavy atom. The van der Waals surface area contributed by atoms with Crippen LogP contribution in [0.4, 0.5) is 4.39 Å². The molecular weight excluding hydrogens is 225 g/mol. The number of pyridine rings is 1. The van der Waals surface area contributed by atoms with Gasteiger partial charge in [-0.15, -0.1) is 0 Å². The van der Waals surface area contributed by atoms with Crippen LogP contribution in [0, 0.1) is 5.95 Å². The third kappa shape index (κ3) is 3.14. The number of hydrogen-bond acceptors (Lipinski definition) is 4. The van der Waals surface area contributed by atoms with Gasteiger partial charge >= 0.3 is 5.97 Å². The monoisotopic (exact) mass is 233 g/mol. The molecule has 1 unspecified atom stereocenters. The molecule has 0 radical (unpaired) electrons. The zero-order valence-corrected chi connectivity index (χ0v) is 8.66.